The molecule has 3 N–H and O–H groups in total. The Hall–Kier alpha value is -1.66. The number of nitrogens with two attached hydrogens (primary N) is 1. The number of pyridine rings is 1. The molecule has 0 aliphatic heterocycles. The van der Waals surface area contributed by atoms with Crippen molar-refractivity contribution < 1.29 is 13.2 Å². The molecule has 0 saturated carbocycles. The molecular formula is C9H12F3N3O. The van der Waals surface area contributed by atoms with Crippen LogP contribution in [0.4, 0.5) is 24.5 Å². The molecule has 16 heavy (non-hydrogen) atoms. The summed E-state index contributed by atoms with van der Waals surface area (Å²) < 4.78 is 38.4. The summed E-state index contributed by atoms with van der Waals surface area (Å²) in [5, 5.41) is 2.49. The van der Waals surface area contributed by atoms with Crippen molar-refractivity contribution in [3.8, 4) is 0 Å². The Morgan fingerprint density at radius 2 is 2.06 bits per heavy atom. The predicted molar refractivity (Wildman–Crippen MR) is 55.3 cm³/mol. The normalized spacial score (nSPS) is 11.6. The van der Waals surface area contributed by atoms with E-state index in [-0.39, 0.29) is 17.9 Å². The minimum atomic E-state index is -4.59. The van der Waals surface area contributed by atoms with E-state index in [4.69, 9.17) is 5.73 Å². The molecule has 0 aromatic carbocycles. The van der Waals surface area contributed by atoms with E-state index >= 15 is 0 Å². The molecule has 1 aromatic heterocycles. The van der Waals surface area contributed by atoms with Crippen molar-refractivity contribution in [1.82, 2.24) is 4.57 Å². The van der Waals surface area contributed by atoms with Crippen LogP contribution in [0.1, 0.15) is 12.6 Å². The lowest BCUT2D eigenvalue weighted by atomic mass is 10.2. The average molecular weight is 235 g/mol. The van der Waals surface area contributed by atoms with Crippen molar-refractivity contribution in [2.45, 2.75) is 19.6 Å². The van der Waals surface area contributed by atoms with E-state index in [0.717, 1.165) is 6.07 Å². The summed E-state index contributed by atoms with van der Waals surface area (Å²) in [7, 11) is 1.43. The Kier molecular flexibility index (Phi) is 3.16. The van der Waals surface area contributed by atoms with Crippen LogP contribution in [0.2, 0.25) is 0 Å². The average Bonchev–Trinajstić information content (AvgIpc) is 2.16. The summed E-state index contributed by atoms with van der Waals surface area (Å²) >= 11 is 0. The summed E-state index contributed by atoms with van der Waals surface area (Å²) in [6, 6.07) is 0.761. The highest BCUT2D eigenvalue weighted by Crippen LogP contribution is 2.31. The zero-order valence-corrected chi connectivity index (χ0v) is 8.85. The standard InChI is InChI=1S/C9H12F3N3O/c1-3-15-6(9(10,11)12)4-5(13)7(14-2)8(15)16/h4,14H,3,13H2,1-2H3. The van der Waals surface area contributed by atoms with Gasteiger partial charge in [0.05, 0.1) is 5.69 Å². The molecule has 0 saturated heterocycles. The SMILES string of the molecule is CCn1c(C(F)(F)F)cc(N)c(NC)c1=O. The number of aromatic nitrogens is 1. The lowest BCUT2D eigenvalue weighted by molar-refractivity contribution is -0.144. The first-order valence-electron chi connectivity index (χ1n) is 4.61. The fraction of sp³-hybridized carbons (Fsp3) is 0.444. The molecule has 7 heteroatoms. The maximum absolute atomic E-state index is 12.6. The topological polar surface area (TPSA) is 60.0 Å². The maximum atomic E-state index is 12.6. The lowest BCUT2D eigenvalue weighted by Crippen LogP contribution is -2.30. The van der Waals surface area contributed by atoms with Crippen molar-refractivity contribution in [2.24, 2.45) is 0 Å². The molecule has 0 atom stereocenters. The molecular weight excluding hydrogens is 223 g/mol. The number of alkyl halides is 3. The molecule has 0 radical (unpaired) electrons. The Labute approximate surface area is 89.9 Å². The van der Waals surface area contributed by atoms with Gasteiger partial charge in [-0.3, -0.25) is 4.79 Å². The molecule has 0 unspecified atom stereocenters. The minimum absolute atomic E-state index is 0.0187. The van der Waals surface area contributed by atoms with Crippen LogP contribution in [-0.4, -0.2) is 11.6 Å². The van der Waals surface area contributed by atoms with Crippen LogP contribution in [0.15, 0.2) is 10.9 Å². The highest BCUT2D eigenvalue weighted by Gasteiger charge is 2.35. The van der Waals surface area contributed by atoms with Gasteiger partial charge in [0.15, 0.2) is 0 Å². The van der Waals surface area contributed by atoms with E-state index in [2.05, 4.69) is 5.32 Å². The first-order valence-corrected chi connectivity index (χ1v) is 4.61. The summed E-state index contributed by atoms with van der Waals surface area (Å²) in [6.07, 6.45) is -4.59. The van der Waals surface area contributed by atoms with Gasteiger partial charge < -0.3 is 15.6 Å². The van der Waals surface area contributed by atoms with Crippen LogP contribution in [0.3, 0.4) is 0 Å². The van der Waals surface area contributed by atoms with E-state index < -0.39 is 17.4 Å². The summed E-state index contributed by atoms with van der Waals surface area (Å²) in [6.45, 7) is 1.40. The van der Waals surface area contributed by atoms with Gasteiger partial charge in [0.2, 0.25) is 0 Å². The quantitative estimate of drug-likeness (QED) is 0.816. The molecule has 0 amide bonds. The minimum Gasteiger partial charge on any atom is -0.397 e. The molecule has 1 heterocycles. The van der Waals surface area contributed by atoms with Crippen LogP contribution in [0.25, 0.3) is 0 Å². The van der Waals surface area contributed by atoms with Gasteiger partial charge in [0.1, 0.15) is 11.4 Å². The van der Waals surface area contributed by atoms with E-state index in [1.165, 1.54) is 14.0 Å². The maximum Gasteiger partial charge on any atom is 0.431 e. The van der Waals surface area contributed by atoms with Gasteiger partial charge in [0, 0.05) is 13.6 Å². The predicted octanol–water partition coefficient (Wildman–Crippen LogP) is 1.51. The second-order valence-electron chi connectivity index (χ2n) is 3.16. The van der Waals surface area contributed by atoms with E-state index in [9.17, 15) is 18.0 Å². The molecule has 0 fully saturated rings. The van der Waals surface area contributed by atoms with Gasteiger partial charge in [-0.2, -0.15) is 13.2 Å². The van der Waals surface area contributed by atoms with Crippen LogP contribution >= 0.6 is 0 Å². The highest BCUT2D eigenvalue weighted by molar-refractivity contribution is 5.65. The number of anilines is 2. The van der Waals surface area contributed by atoms with E-state index in [1.54, 1.807) is 0 Å². The number of hydrogen-bond acceptors (Lipinski definition) is 3. The van der Waals surface area contributed by atoms with Crippen LogP contribution in [0, 0.1) is 0 Å². The Bertz CT molecular complexity index is 451. The molecule has 0 bridgehead atoms. The number of rotatable bonds is 2. The smallest absolute Gasteiger partial charge is 0.397 e. The lowest BCUT2D eigenvalue weighted by Gasteiger charge is -2.16. The second kappa shape index (κ2) is 4.07. The van der Waals surface area contributed by atoms with Crippen molar-refractivity contribution in [2.75, 3.05) is 18.1 Å². The van der Waals surface area contributed by atoms with Crippen molar-refractivity contribution in [3.63, 3.8) is 0 Å². The van der Waals surface area contributed by atoms with E-state index in [0.29, 0.717) is 4.57 Å². The number of halogens is 3. The van der Waals surface area contributed by atoms with Gasteiger partial charge in [-0.05, 0) is 13.0 Å². The van der Waals surface area contributed by atoms with E-state index in [1.807, 2.05) is 0 Å². The first-order chi connectivity index (χ1) is 7.32. The molecule has 0 aliphatic rings. The first kappa shape index (κ1) is 12.4. The van der Waals surface area contributed by atoms with Crippen molar-refractivity contribution in [1.29, 1.82) is 0 Å². The monoisotopic (exact) mass is 235 g/mol. The molecule has 0 spiro atoms. The van der Waals surface area contributed by atoms with Crippen LogP contribution in [0.5, 0.6) is 0 Å². The highest BCUT2D eigenvalue weighted by atomic mass is 19.4. The van der Waals surface area contributed by atoms with Crippen molar-refractivity contribution >= 4 is 11.4 Å². The molecule has 1 rings (SSSR count). The molecule has 4 nitrogen and oxygen atoms in total. The number of nitrogens with one attached hydrogen (secondary N) is 1. The fourth-order valence-electron chi connectivity index (χ4n) is 1.47. The van der Waals surface area contributed by atoms with Crippen LogP contribution < -0.4 is 16.6 Å². The molecule has 0 aliphatic carbocycles. The molecule has 90 valence electrons. The Balaban J connectivity index is 3.61. The summed E-state index contributed by atoms with van der Waals surface area (Å²) in [5.74, 6) is 0. The van der Waals surface area contributed by atoms with Gasteiger partial charge in [-0.1, -0.05) is 0 Å². The van der Waals surface area contributed by atoms with Crippen molar-refractivity contribution in [3.05, 3.63) is 22.1 Å². The van der Waals surface area contributed by atoms with Gasteiger partial charge in [0.25, 0.3) is 5.56 Å². The Morgan fingerprint density at radius 1 is 1.50 bits per heavy atom. The summed E-state index contributed by atoms with van der Waals surface area (Å²) in [4.78, 5) is 11.6. The summed E-state index contributed by atoms with van der Waals surface area (Å²) in [5.41, 5.74) is 3.36. The van der Waals surface area contributed by atoms with Gasteiger partial charge in [-0.15, -0.1) is 0 Å². The van der Waals surface area contributed by atoms with Gasteiger partial charge >= 0.3 is 6.18 Å². The number of nitrogens with zero attached hydrogens (tertiary/aromatic N) is 1. The number of hydrogen-bond donors (Lipinski definition) is 2. The van der Waals surface area contributed by atoms with Gasteiger partial charge in [-0.25, -0.2) is 0 Å². The zero-order valence-electron chi connectivity index (χ0n) is 8.85. The number of nitrogen functional groups attached to an aromatic ring is 1. The Morgan fingerprint density at radius 3 is 2.44 bits per heavy atom. The largest absolute Gasteiger partial charge is 0.431 e. The third-order valence-electron chi connectivity index (χ3n) is 2.19. The molecule has 1 aromatic rings. The second-order valence-corrected chi connectivity index (χ2v) is 3.16. The third-order valence-corrected chi connectivity index (χ3v) is 2.19. The zero-order chi connectivity index (χ0) is 12.5. The third kappa shape index (κ3) is 1.98. The fourth-order valence-corrected chi connectivity index (χ4v) is 1.47. The van der Waals surface area contributed by atoms with Crippen LogP contribution in [-0.2, 0) is 12.7 Å².